The van der Waals surface area contributed by atoms with Gasteiger partial charge in [-0.1, -0.05) is 13.3 Å². The molecule has 80 valence electrons. The number of carbonyl (C=O) groups excluding carboxylic acids is 1. The van der Waals surface area contributed by atoms with Crippen LogP contribution in [0.15, 0.2) is 0 Å². The number of carbonyl (C=O) groups is 1. The van der Waals surface area contributed by atoms with Gasteiger partial charge in [-0.25, -0.2) is 0 Å². The predicted octanol–water partition coefficient (Wildman–Crippen LogP) is 2.28. The van der Waals surface area contributed by atoms with Gasteiger partial charge >= 0.3 is 0 Å². The number of Topliss-reactive ketones (excluding diaryl/α,β-unsaturated/α-hetero) is 1. The van der Waals surface area contributed by atoms with E-state index in [9.17, 15) is 4.79 Å². The zero-order valence-corrected chi connectivity index (χ0v) is 9.09. The van der Waals surface area contributed by atoms with Crippen molar-refractivity contribution in [2.45, 2.75) is 64.0 Å². The summed E-state index contributed by atoms with van der Waals surface area (Å²) in [6, 6.07) is 1.31. The lowest BCUT2D eigenvalue weighted by molar-refractivity contribution is -0.124. The molecule has 0 amide bonds. The Hall–Kier alpha value is -0.370. The van der Waals surface area contributed by atoms with Crippen LogP contribution in [0, 0.1) is 5.92 Å². The van der Waals surface area contributed by atoms with Crippen LogP contribution < -0.4 is 5.32 Å². The first-order valence-electron chi connectivity index (χ1n) is 6.08. The summed E-state index contributed by atoms with van der Waals surface area (Å²) in [4.78, 5) is 11.8. The van der Waals surface area contributed by atoms with Gasteiger partial charge in [-0.15, -0.1) is 0 Å². The minimum atomic E-state index is 0.389. The van der Waals surface area contributed by atoms with Crippen LogP contribution in [0.2, 0.25) is 0 Å². The first-order chi connectivity index (χ1) is 6.79. The summed E-state index contributed by atoms with van der Waals surface area (Å²) in [7, 11) is 0. The summed E-state index contributed by atoms with van der Waals surface area (Å²) < 4.78 is 0. The fourth-order valence-electron chi connectivity index (χ4n) is 2.88. The standard InChI is InChI=1S/C12H21NO/c1-2-3-4-12(14)9-7-10-5-6-11(8-9)13-10/h9-11,13H,2-8H2,1H3. The second-order valence-corrected chi connectivity index (χ2v) is 4.88. The smallest absolute Gasteiger partial charge is 0.136 e. The van der Waals surface area contributed by atoms with Crippen molar-refractivity contribution in [1.29, 1.82) is 0 Å². The van der Waals surface area contributed by atoms with Crippen LogP contribution in [-0.2, 0) is 4.79 Å². The van der Waals surface area contributed by atoms with Crippen LogP contribution in [0.25, 0.3) is 0 Å². The number of hydrogen-bond donors (Lipinski definition) is 1. The van der Waals surface area contributed by atoms with Gasteiger partial charge in [-0.3, -0.25) is 4.79 Å². The number of rotatable bonds is 4. The molecule has 0 radical (unpaired) electrons. The molecule has 0 aromatic rings. The Kier molecular flexibility index (Phi) is 3.22. The highest BCUT2D eigenvalue weighted by Crippen LogP contribution is 2.32. The lowest BCUT2D eigenvalue weighted by Crippen LogP contribution is -2.40. The maximum Gasteiger partial charge on any atom is 0.136 e. The quantitative estimate of drug-likeness (QED) is 0.745. The van der Waals surface area contributed by atoms with Crippen molar-refractivity contribution in [3.63, 3.8) is 0 Å². The fraction of sp³-hybridized carbons (Fsp3) is 0.917. The fourth-order valence-corrected chi connectivity index (χ4v) is 2.88. The topological polar surface area (TPSA) is 29.1 Å². The van der Waals surface area contributed by atoms with Crippen LogP contribution >= 0.6 is 0 Å². The Balaban J connectivity index is 1.83. The summed E-state index contributed by atoms with van der Waals surface area (Å²) in [6.07, 6.45) is 7.85. The van der Waals surface area contributed by atoms with Crippen molar-refractivity contribution in [2.75, 3.05) is 0 Å². The zero-order valence-electron chi connectivity index (χ0n) is 9.09. The maximum absolute atomic E-state index is 11.8. The van der Waals surface area contributed by atoms with Crippen molar-refractivity contribution < 1.29 is 4.79 Å². The van der Waals surface area contributed by atoms with E-state index in [4.69, 9.17) is 0 Å². The molecule has 0 saturated carbocycles. The van der Waals surface area contributed by atoms with E-state index >= 15 is 0 Å². The Morgan fingerprint density at radius 2 is 1.93 bits per heavy atom. The van der Waals surface area contributed by atoms with Crippen LogP contribution in [0.1, 0.15) is 51.9 Å². The highest BCUT2D eigenvalue weighted by Gasteiger charge is 2.35. The summed E-state index contributed by atoms with van der Waals surface area (Å²) in [6.45, 7) is 2.15. The monoisotopic (exact) mass is 195 g/mol. The molecule has 2 fully saturated rings. The highest BCUT2D eigenvalue weighted by atomic mass is 16.1. The SMILES string of the molecule is CCCCC(=O)C1CC2CCC(C1)N2. The van der Waals surface area contributed by atoms with E-state index in [2.05, 4.69) is 12.2 Å². The molecule has 0 aromatic carbocycles. The molecule has 2 aliphatic heterocycles. The van der Waals surface area contributed by atoms with Gasteiger partial charge in [0.15, 0.2) is 0 Å². The van der Waals surface area contributed by atoms with Crippen molar-refractivity contribution in [2.24, 2.45) is 5.92 Å². The molecular formula is C12H21NO. The third-order valence-corrected chi connectivity index (χ3v) is 3.71. The van der Waals surface area contributed by atoms with Gasteiger partial charge in [0.25, 0.3) is 0 Å². The van der Waals surface area contributed by atoms with Gasteiger partial charge in [0.2, 0.25) is 0 Å². The average molecular weight is 195 g/mol. The van der Waals surface area contributed by atoms with Crippen molar-refractivity contribution in [3.8, 4) is 0 Å². The van der Waals surface area contributed by atoms with Gasteiger partial charge in [0.1, 0.15) is 5.78 Å². The average Bonchev–Trinajstić information content (AvgIpc) is 2.54. The van der Waals surface area contributed by atoms with E-state index in [-0.39, 0.29) is 0 Å². The van der Waals surface area contributed by atoms with Gasteiger partial charge in [-0.2, -0.15) is 0 Å². The molecule has 0 aromatic heterocycles. The number of fused-ring (bicyclic) bond motifs is 2. The minimum Gasteiger partial charge on any atom is -0.311 e. The molecule has 14 heavy (non-hydrogen) atoms. The van der Waals surface area contributed by atoms with E-state index in [0.717, 1.165) is 32.1 Å². The second kappa shape index (κ2) is 4.43. The molecule has 2 heterocycles. The molecule has 2 unspecified atom stereocenters. The molecule has 2 rings (SSSR count). The Morgan fingerprint density at radius 1 is 1.29 bits per heavy atom. The molecule has 2 heteroatoms. The van der Waals surface area contributed by atoms with E-state index < -0.39 is 0 Å². The lowest BCUT2D eigenvalue weighted by Gasteiger charge is -2.28. The molecule has 2 atom stereocenters. The molecule has 2 aliphatic rings. The molecule has 1 N–H and O–H groups in total. The maximum atomic E-state index is 11.8. The van der Waals surface area contributed by atoms with Crippen LogP contribution in [0.5, 0.6) is 0 Å². The van der Waals surface area contributed by atoms with Crippen LogP contribution in [0.4, 0.5) is 0 Å². The molecule has 2 bridgehead atoms. The highest BCUT2D eigenvalue weighted by molar-refractivity contribution is 5.81. The number of unbranched alkanes of at least 4 members (excludes halogenated alkanes) is 1. The van der Waals surface area contributed by atoms with E-state index in [1.54, 1.807) is 0 Å². The van der Waals surface area contributed by atoms with Crippen molar-refractivity contribution in [1.82, 2.24) is 5.32 Å². The van der Waals surface area contributed by atoms with Crippen LogP contribution in [0.3, 0.4) is 0 Å². The van der Waals surface area contributed by atoms with Gasteiger partial charge in [-0.05, 0) is 32.1 Å². The summed E-state index contributed by atoms with van der Waals surface area (Å²) in [5.74, 6) is 0.922. The third-order valence-electron chi connectivity index (χ3n) is 3.71. The molecule has 2 saturated heterocycles. The number of piperidine rings is 1. The summed E-state index contributed by atoms with van der Waals surface area (Å²) in [5, 5.41) is 3.58. The van der Waals surface area contributed by atoms with Gasteiger partial charge < -0.3 is 5.32 Å². The molecule has 0 aliphatic carbocycles. The second-order valence-electron chi connectivity index (χ2n) is 4.88. The first kappa shape index (κ1) is 10.2. The Labute approximate surface area is 86.5 Å². The van der Waals surface area contributed by atoms with E-state index in [1.807, 2.05) is 0 Å². The van der Waals surface area contributed by atoms with Gasteiger partial charge in [0, 0.05) is 24.4 Å². The molecular weight excluding hydrogens is 174 g/mol. The third kappa shape index (κ3) is 2.17. The normalized spacial score (nSPS) is 35.9. The van der Waals surface area contributed by atoms with Crippen molar-refractivity contribution >= 4 is 5.78 Å². The lowest BCUT2D eigenvalue weighted by atomic mass is 9.87. The molecule has 2 nitrogen and oxygen atoms in total. The number of nitrogens with one attached hydrogen (secondary N) is 1. The molecule has 0 spiro atoms. The minimum absolute atomic E-state index is 0.389. The van der Waals surface area contributed by atoms with Gasteiger partial charge in [0.05, 0.1) is 0 Å². The predicted molar refractivity (Wildman–Crippen MR) is 57.2 cm³/mol. The number of ketones is 1. The zero-order chi connectivity index (χ0) is 9.97. The van der Waals surface area contributed by atoms with Crippen LogP contribution in [-0.4, -0.2) is 17.9 Å². The largest absolute Gasteiger partial charge is 0.311 e. The summed E-state index contributed by atoms with van der Waals surface area (Å²) in [5.41, 5.74) is 0. The van der Waals surface area contributed by atoms with E-state index in [0.29, 0.717) is 23.8 Å². The van der Waals surface area contributed by atoms with E-state index in [1.165, 1.54) is 12.8 Å². The van der Waals surface area contributed by atoms with Crippen molar-refractivity contribution in [3.05, 3.63) is 0 Å². The number of hydrogen-bond acceptors (Lipinski definition) is 2. The Bertz CT molecular complexity index is 202. The summed E-state index contributed by atoms with van der Waals surface area (Å²) >= 11 is 0. The first-order valence-corrected chi connectivity index (χ1v) is 6.08. The Morgan fingerprint density at radius 3 is 2.50 bits per heavy atom.